The number of allylic oxidation sites excluding steroid dienone is 1. The predicted molar refractivity (Wildman–Crippen MR) is 42.9 cm³/mol. The zero-order valence-electron chi connectivity index (χ0n) is 6.51. The second-order valence-electron chi connectivity index (χ2n) is 2.34. The Morgan fingerprint density at radius 1 is 1.27 bits per heavy atom. The number of hydrogen-bond acceptors (Lipinski definition) is 2. The van der Waals surface area contributed by atoms with Crippen LogP contribution in [0.5, 0.6) is 0 Å². The lowest BCUT2D eigenvalue weighted by Crippen LogP contribution is -2.09. The summed E-state index contributed by atoms with van der Waals surface area (Å²) in [6, 6.07) is 0. The first-order chi connectivity index (χ1) is 5.16. The fourth-order valence-corrected chi connectivity index (χ4v) is 0.701. The van der Waals surface area contributed by atoms with Crippen LogP contribution in [-0.2, 0) is 9.59 Å². The van der Waals surface area contributed by atoms with Gasteiger partial charge in [0.1, 0.15) is 0 Å². The number of unbranched alkanes of at least 4 members (excludes halogenated alkanes) is 1. The molecule has 0 heterocycles. The first-order valence-electron chi connectivity index (χ1n) is 3.60. The number of amides is 1. The molecule has 62 valence electrons. The highest BCUT2D eigenvalue weighted by Gasteiger charge is 1.97. The topological polar surface area (TPSA) is 60.2 Å². The first-order valence-corrected chi connectivity index (χ1v) is 3.60. The van der Waals surface area contributed by atoms with E-state index >= 15 is 0 Å². The highest BCUT2D eigenvalue weighted by Crippen LogP contribution is 1.99. The number of hydrogen-bond donors (Lipinski definition) is 1. The lowest BCUT2D eigenvalue weighted by molar-refractivity contribution is -0.118. The van der Waals surface area contributed by atoms with E-state index in [1.54, 1.807) is 0 Å². The average molecular weight is 155 g/mol. The molecule has 0 radical (unpaired) electrons. The van der Waals surface area contributed by atoms with Gasteiger partial charge in [-0.3, -0.25) is 9.59 Å². The summed E-state index contributed by atoms with van der Waals surface area (Å²) in [5, 5.41) is 0. The molecule has 0 unspecified atom stereocenters. The number of carbonyl (C=O) groups excluding carboxylic acids is 2. The summed E-state index contributed by atoms with van der Waals surface area (Å²) < 4.78 is 0. The van der Waals surface area contributed by atoms with Crippen molar-refractivity contribution in [2.24, 2.45) is 5.73 Å². The van der Waals surface area contributed by atoms with Crippen LogP contribution in [0.15, 0.2) is 12.7 Å². The van der Waals surface area contributed by atoms with Gasteiger partial charge in [-0.1, -0.05) is 6.58 Å². The zero-order chi connectivity index (χ0) is 8.69. The third-order valence-corrected chi connectivity index (χ3v) is 1.32. The molecular weight excluding hydrogens is 142 g/mol. The molecule has 1 amide bonds. The van der Waals surface area contributed by atoms with Gasteiger partial charge in [0.05, 0.1) is 0 Å². The summed E-state index contributed by atoms with van der Waals surface area (Å²) in [7, 11) is 0. The largest absolute Gasteiger partial charge is 0.370 e. The fourth-order valence-electron chi connectivity index (χ4n) is 0.701. The number of primary amides is 1. The van der Waals surface area contributed by atoms with E-state index in [1.165, 1.54) is 6.08 Å². The Hall–Kier alpha value is -1.12. The second-order valence-corrected chi connectivity index (χ2v) is 2.34. The molecule has 0 atom stereocenters. The van der Waals surface area contributed by atoms with Gasteiger partial charge in [0.25, 0.3) is 0 Å². The number of rotatable bonds is 6. The summed E-state index contributed by atoms with van der Waals surface area (Å²) in [6.07, 6.45) is 3.54. The van der Waals surface area contributed by atoms with E-state index < -0.39 is 0 Å². The SMILES string of the molecule is C=CC(=O)CCCCC(N)=O. The van der Waals surface area contributed by atoms with E-state index in [1.807, 2.05) is 0 Å². The third-order valence-electron chi connectivity index (χ3n) is 1.32. The highest BCUT2D eigenvalue weighted by molar-refractivity contribution is 5.88. The number of ketones is 1. The van der Waals surface area contributed by atoms with Crippen LogP contribution in [-0.4, -0.2) is 11.7 Å². The standard InChI is InChI=1S/C8H13NO2/c1-2-7(10)5-3-4-6-8(9)11/h2H,1,3-6H2,(H2,9,11). The van der Waals surface area contributed by atoms with Gasteiger partial charge in [-0.2, -0.15) is 0 Å². The number of nitrogens with two attached hydrogens (primary N) is 1. The Morgan fingerprint density at radius 3 is 2.27 bits per heavy atom. The van der Waals surface area contributed by atoms with Crippen LogP contribution in [0.4, 0.5) is 0 Å². The Balaban J connectivity index is 3.21. The second kappa shape index (κ2) is 5.65. The fraction of sp³-hybridized carbons (Fsp3) is 0.500. The molecule has 0 aromatic carbocycles. The van der Waals surface area contributed by atoms with Gasteiger partial charge >= 0.3 is 0 Å². The van der Waals surface area contributed by atoms with Gasteiger partial charge in [0.15, 0.2) is 5.78 Å². The van der Waals surface area contributed by atoms with Crippen LogP contribution in [0.3, 0.4) is 0 Å². The van der Waals surface area contributed by atoms with E-state index in [0.717, 1.165) is 0 Å². The zero-order valence-corrected chi connectivity index (χ0v) is 6.51. The molecule has 0 aromatic heterocycles. The van der Waals surface area contributed by atoms with Crippen molar-refractivity contribution in [3.8, 4) is 0 Å². The molecule has 2 N–H and O–H groups in total. The lowest BCUT2D eigenvalue weighted by atomic mass is 10.1. The van der Waals surface area contributed by atoms with Gasteiger partial charge in [0.2, 0.25) is 5.91 Å². The molecule has 0 aliphatic heterocycles. The Labute approximate surface area is 66.3 Å². The molecule has 0 rings (SSSR count). The molecule has 3 heteroatoms. The summed E-state index contributed by atoms with van der Waals surface area (Å²) >= 11 is 0. The van der Waals surface area contributed by atoms with Gasteiger partial charge in [0, 0.05) is 12.8 Å². The van der Waals surface area contributed by atoms with Crippen LogP contribution in [0.2, 0.25) is 0 Å². The van der Waals surface area contributed by atoms with Gasteiger partial charge in [-0.05, 0) is 18.9 Å². The normalized spacial score (nSPS) is 9.09. The van der Waals surface area contributed by atoms with Crippen LogP contribution >= 0.6 is 0 Å². The minimum absolute atomic E-state index is 0.0227. The van der Waals surface area contributed by atoms with Crippen molar-refractivity contribution in [2.45, 2.75) is 25.7 Å². The van der Waals surface area contributed by atoms with Crippen molar-refractivity contribution in [3.63, 3.8) is 0 Å². The molecule has 0 spiro atoms. The molecule has 0 bridgehead atoms. The summed E-state index contributed by atoms with van der Waals surface area (Å²) in [5.74, 6) is -0.287. The monoisotopic (exact) mass is 155 g/mol. The lowest BCUT2D eigenvalue weighted by Gasteiger charge is -1.94. The Kier molecular flexibility index (Phi) is 5.07. The van der Waals surface area contributed by atoms with Gasteiger partial charge in [-0.25, -0.2) is 0 Å². The molecular formula is C8H13NO2. The maximum atomic E-state index is 10.6. The van der Waals surface area contributed by atoms with Crippen molar-refractivity contribution < 1.29 is 9.59 Å². The highest BCUT2D eigenvalue weighted by atomic mass is 16.1. The molecule has 0 saturated heterocycles. The minimum Gasteiger partial charge on any atom is -0.370 e. The predicted octanol–water partition coefficient (Wildman–Crippen LogP) is 0.787. The van der Waals surface area contributed by atoms with E-state index in [0.29, 0.717) is 25.7 Å². The molecule has 0 aliphatic carbocycles. The summed E-state index contributed by atoms with van der Waals surface area (Å²) in [4.78, 5) is 20.9. The van der Waals surface area contributed by atoms with E-state index in [4.69, 9.17) is 5.73 Å². The minimum atomic E-state index is -0.309. The van der Waals surface area contributed by atoms with Crippen molar-refractivity contribution in [2.75, 3.05) is 0 Å². The van der Waals surface area contributed by atoms with Crippen molar-refractivity contribution >= 4 is 11.7 Å². The smallest absolute Gasteiger partial charge is 0.217 e. The third kappa shape index (κ3) is 6.77. The molecule has 0 fully saturated rings. The van der Waals surface area contributed by atoms with E-state index in [9.17, 15) is 9.59 Å². The van der Waals surface area contributed by atoms with Crippen LogP contribution < -0.4 is 5.73 Å². The van der Waals surface area contributed by atoms with E-state index in [-0.39, 0.29) is 11.7 Å². The average Bonchev–Trinajstić information content (AvgIpc) is 1.97. The molecule has 11 heavy (non-hydrogen) atoms. The molecule has 0 aromatic rings. The van der Waals surface area contributed by atoms with Crippen LogP contribution in [0, 0.1) is 0 Å². The summed E-state index contributed by atoms with van der Waals surface area (Å²) in [6.45, 7) is 3.33. The molecule has 0 aliphatic rings. The van der Waals surface area contributed by atoms with Crippen molar-refractivity contribution in [3.05, 3.63) is 12.7 Å². The van der Waals surface area contributed by atoms with Crippen molar-refractivity contribution in [1.29, 1.82) is 0 Å². The van der Waals surface area contributed by atoms with Crippen LogP contribution in [0.1, 0.15) is 25.7 Å². The quantitative estimate of drug-likeness (QED) is 0.455. The number of carbonyl (C=O) groups is 2. The van der Waals surface area contributed by atoms with E-state index in [2.05, 4.69) is 6.58 Å². The van der Waals surface area contributed by atoms with Gasteiger partial charge in [-0.15, -0.1) is 0 Å². The summed E-state index contributed by atoms with van der Waals surface area (Å²) in [5.41, 5.74) is 4.90. The Bertz CT molecular complexity index is 163. The van der Waals surface area contributed by atoms with Gasteiger partial charge < -0.3 is 5.73 Å². The van der Waals surface area contributed by atoms with Crippen LogP contribution in [0.25, 0.3) is 0 Å². The molecule has 0 saturated carbocycles. The Morgan fingerprint density at radius 2 is 1.82 bits per heavy atom. The maximum absolute atomic E-state index is 10.6. The maximum Gasteiger partial charge on any atom is 0.217 e. The molecule has 3 nitrogen and oxygen atoms in total. The first kappa shape index (κ1) is 9.88. The van der Waals surface area contributed by atoms with Crippen molar-refractivity contribution in [1.82, 2.24) is 0 Å².